The van der Waals surface area contributed by atoms with Gasteiger partial charge < -0.3 is 10.1 Å². The number of fused-ring (bicyclic) bond motifs is 1. The number of anilines is 1. The molecule has 1 amide bonds. The van der Waals surface area contributed by atoms with Crippen molar-refractivity contribution in [1.82, 2.24) is 9.78 Å². The minimum atomic E-state index is -1.09. The van der Waals surface area contributed by atoms with Crippen molar-refractivity contribution < 1.29 is 14.3 Å². The zero-order valence-corrected chi connectivity index (χ0v) is 19.2. The molecule has 0 fully saturated rings. The van der Waals surface area contributed by atoms with Crippen LogP contribution in [0.5, 0.6) is 0 Å². The summed E-state index contributed by atoms with van der Waals surface area (Å²) >= 11 is 0. The van der Waals surface area contributed by atoms with Gasteiger partial charge in [-0.3, -0.25) is 9.59 Å². The zero-order valence-electron chi connectivity index (χ0n) is 19.2. The number of carbonyl (C=O) groups excluding carboxylic acids is 2. The number of amides is 1. The van der Waals surface area contributed by atoms with E-state index in [0.717, 1.165) is 11.1 Å². The van der Waals surface area contributed by atoms with Crippen molar-refractivity contribution in [2.24, 2.45) is 0 Å². The highest BCUT2D eigenvalue weighted by atomic mass is 16.5. The summed E-state index contributed by atoms with van der Waals surface area (Å²) in [5.74, 6) is -1.25. The number of rotatable bonds is 6. The molecule has 1 N–H and O–H groups in total. The summed E-state index contributed by atoms with van der Waals surface area (Å²) in [4.78, 5) is 38.6. The lowest BCUT2D eigenvalue weighted by atomic mass is 10.0. The van der Waals surface area contributed by atoms with Crippen LogP contribution < -0.4 is 10.9 Å². The van der Waals surface area contributed by atoms with Crippen molar-refractivity contribution in [2.75, 3.05) is 5.32 Å². The molecule has 1 aromatic heterocycles. The zero-order chi connectivity index (χ0) is 24.2. The van der Waals surface area contributed by atoms with E-state index >= 15 is 0 Å². The number of nitrogens with zero attached hydrogens (tertiary/aromatic N) is 2. The van der Waals surface area contributed by atoms with Gasteiger partial charge in [0.2, 0.25) is 0 Å². The summed E-state index contributed by atoms with van der Waals surface area (Å²) in [6, 6.07) is 23.6. The maximum absolute atomic E-state index is 13.0. The molecular weight excluding hydrogens is 430 g/mol. The Labute approximate surface area is 197 Å². The van der Waals surface area contributed by atoms with E-state index in [1.54, 1.807) is 44.2 Å². The number of ether oxygens (including phenoxy) is 1. The van der Waals surface area contributed by atoms with Gasteiger partial charge in [0.05, 0.1) is 11.4 Å². The van der Waals surface area contributed by atoms with E-state index < -0.39 is 18.0 Å². The summed E-state index contributed by atoms with van der Waals surface area (Å²) in [5.41, 5.74) is 2.12. The molecule has 7 heteroatoms. The van der Waals surface area contributed by atoms with Crippen LogP contribution in [0.2, 0.25) is 0 Å². The monoisotopic (exact) mass is 455 g/mol. The average molecular weight is 456 g/mol. The van der Waals surface area contributed by atoms with E-state index in [2.05, 4.69) is 10.4 Å². The van der Waals surface area contributed by atoms with Crippen molar-refractivity contribution in [1.29, 1.82) is 0 Å². The molecule has 4 aromatic rings. The third-order valence-electron chi connectivity index (χ3n) is 5.43. The van der Waals surface area contributed by atoms with Gasteiger partial charge in [-0.05, 0) is 38.5 Å². The second-order valence-electron chi connectivity index (χ2n) is 8.19. The highest BCUT2D eigenvalue weighted by molar-refractivity contribution is 6.04. The number of para-hydroxylation sites is 1. The van der Waals surface area contributed by atoms with Gasteiger partial charge in [-0.15, -0.1) is 0 Å². The number of hydrogen-bond acceptors (Lipinski definition) is 5. The summed E-state index contributed by atoms with van der Waals surface area (Å²) in [6.07, 6.45) is -1.09. The number of hydrogen-bond donors (Lipinski definition) is 1. The van der Waals surface area contributed by atoms with Crippen molar-refractivity contribution in [2.45, 2.75) is 32.9 Å². The number of esters is 1. The molecule has 1 unspecified atom stereocenters. The van der Waals surface area contributed by atoms with Crippen LogP contribution in [0.15, 0.2) is 83.7 Å². The number of aromatic nitrogens is 2. The minimum Gasteiger partial charge on any atom is -0.448 e. The smallest absolute Gasteiger partial charge is 0.360 e. The molecule has 0 aliphatic rings. The third kappa shape index (κ3) is 4.59. The van der Waals surface area contributed by atoms with Gasteiger partial charge >= 0.3 is 5.97 Å². The standard InChI is InChI=1S/C27H25N3O4/c1-17(2)30-26(32)22-15-8-7-14-21(22)24(29-30)27(33)34-18(3)25(31)28-23-16-10-9-13-20(23)19-11-5-4-6-12-19/h4-18H,1-3H3,(H,28,31). The van der Waals surface area contributed by atoms with Crippen molar-refractivity contribution in [3.8, 4) is 11.1 Å². The van der Waals surface area contributed by atoms with Crippen LogP contribution in [-0.4, -0.2) is 27.8 Å². The summed E-state index contributed by atoms with van der Waals surface area (Å²) in [7, 11) is 0. The molecule has 0 saturated heterocycles. The van der Waals surface area contributed by atoms with Gasteiger partial charge in [0.15, 0.2) is 11.8 Å². The quantitative estimate of drug-likeness (QED) is 0.421. The first-order valence-electron chi connectivity index (χ1n) is 11.0. The highest BCUT2D eigenvalue weighted by Gasteiger charge is 2.24. The van der Waals surface area contributed by atoms with Crippen LogP contribution in [0.1, 0.15) is 37.3 Å². The lowest BCUT2D eigenvalue weighted by molar-refractivity contribution is -0.123. The van der Waals surface area contributed by atoms with Gasteiger partial charge in [0.1, 0.15) is 0 Å². The topological polar surface area (TPSA) is 90.3 Å². The molecule has 0 aliphatic heterocycles. The molecule has 0 radical (unpaired) electrons. The number of carbonyl (C=O) groups is 2. The molecule has 0 spiro atoms. The van der Waals surface area contributed by atoms with Crippen LogP contribution in [0.3, 0.4) is 0 Å². The lowest BCUT2D eigenvalue weighted by Crippen LogP contribution is -2.32. The normalized spacial score (nSPS) is 11.9. The largest absolute Gasteiger partial charge is 0.448 e. The Morgan fingerprint density at radius 3 is 2.18 bits per heavy atom. The Morgan fingerprint density at radius 2 is 1.47 bits per heavy atom. The van der Waals surface area contributed by atoms with Gasteiger partial charge in [-0.25, -0.2) is 9.48 Å². The minimum absolute atomic E-state index is 0.00626. The predicted octanol–water partition coefficient (Wildman–Crippen LogP) is 4.83. The second-order valence-corrected chi connectivity index (χ2v) is 8.19. The molecule has 172 valence electrons. The molecule has 0 bridgehead atoms. The van der Waals surface area contributed by atoms with Crippen molar-refractivity contribution in [3.63, 3.8) is 0 Å². The number of benzene rings is 3. The van der Waals surface area contributed by atoms with Gasteiger partial charge in [-0.2, -0.15) is 5.10 Å². The molecular formula is C27H25N3O4. The Hall–Kier alpha value is -4.26. The Bertz CT molecular complexity index is 1410. The second kappa shape index (κ2) is 9.70. The predicted molar refractivity (Wildman–Crippen MR) is 132 cm³/mol. The van der Waals surface area contributed by atoms with Crippen LogP contribution >= 0.6 is 0 Å². The Morgan fingerprint density at radius 1 is 0.853 bits per heavy atom. The summed E-state index contributed by atoms with van der Waals surface area (Å²) in [5, 5.41) is 7.85. The fourth-order valence-corrected chi connectivity index (χ4v) is 3.67. The summed E-state index contributed by atoms with van der Waals surface area (Å²) < 4.78 is 6.72. The Balaban J connectivity index is 1.58. The van der Waals surface area contributed by atoms with Crippen molar-refractivity contribution in [3.05, 3.63) is 94.9 Å². The van der Waals surface area contributed by atoms with Gasteiger partial charge in [0, 0.05) is 16.6 Å². The molecule has 3 aromatic carbocycles. The molecule has 34 heavy (non-hydrogen) atoms. The first-order valence-corrected chi connectivity index (χ1v) is 11.0. The van der Waals surface area contributed by atoms with E-state index in [1.807, 2.05) is 48.5 Å². The molecule has 0 aliphatic carbocycles. The van der Waals surface area contributed by atoms with Crippen molar-refractivity contribution >= 4 is 28.3 Å². The van der Waals surface area contributed by atoms with E-state index in [-0.39, 0.29) is 17.3 Å². The van der Waals surface area contributed by atoms with E-state index in [9.17, 15) is 14.4 Å². The fourth-order valence-electron chi connectivity index (χ4n) is 3.67. The van der Waals surface area contributed by atoms with Crippen LogP contribution in [0.4, 0.5) is 5.69 Å². The first-order chi connectivity index (χ1) is 16.4. The van der Waals surface area contributed by atoms with Crippen LogP contribution in [0, 0.1) is 0 Å². The fraction of sp³-hybridized carbons (Fsp3) is 0.185. The molecule has 1 heterocycles. The van der Waals surface area contributed by atoms with Gasteiger partial charge in [0.25, 0.3) is 11.5 Å². The van der Waals surface area contributed by atoms with Gasteiger partial charge in [-0.1, -0.05) is 66.7 Å². The average Bonchev–Trinajstić information content (AvgIpc) is 2.85. The summed E-state index contributed by atoms with van der Waals surface area (Å²) in [6.45, 7) is 5.11. The van der Waals surface area contributed by atoms with Crippen LogP contribution in [-0.2, 0) is 9.53 Å². The van der Waals surface area contributed by atoms with E-state index in [0.29, 0.717) is 16.5 Å². The molecule has 1 atom stereocenters. The highest BCUT2D eigenvalue weighted by Crippen LogP contribution is 2.27. The molecule has 4 rings (SSSR count). The van der Waals surface area contributed by atoms with E-state index in [1.165, 1.54) is 11.6 Å². The number of nitrogens with one attached hydrogen (secondary N) is 1. The van der Waals surface area contributed by atoms with Crippen LogP contribution in [0.25, 0.3) is 21.9 Å². The van der Waals surface area contributed by atoms with E-state index in [4.69, 9.17) is 4.74 Å². The Kier molecular flexibility index (Phi) is 6.54. The first kappa shape index (κ1) is 22.9. The maximum Gasteiger partial charge on any atom is 0.360 e. The third-order valence-corrected chi connectivity index (χ3v) is 5.43. The molecule has 7 nitrogen and oxygen atoms in total. The lowest BCUT2D eigenvalue weighted by Gasteiger charge is -2.17. The SMILES string of the molecule is CC(OC(=O)c1nn(C(C)C)c(=O)c2ccccc12)C(=O)Nc1ccccc1-c1ccccc1. The maximum atomic E-state index is 13.0. The molecule has 0 saturated carbocycles.